The van der Waals surface area contributed by atoms with Crippen LogP contribution in [0.1, 0.15) is 30.0 Å². The molecule has 1 fully saturated rings. The molecule has 1 atom stereocenters. The molecule has 1 aliphatic carbocycles. The molecule has 0 heterocycles. The van der Waals surface area contributed by atoms with Gasteiger partial charge in [0.1, 0.15) is 0 Å². The summed E-state index contributed by atoms with van der Waals surface area (Å²) in [6, 6.07) is 22.0. The Morgan fingerprint density at radius 2 is 1.79 bits per heavy atom. The topological polar surface area (TPSA) is 114 Å². The summed E-state index contributed by atoms with van der Waals surface area (Å²) in [7, 11) is 0. The number of hydrogen-bond acceptors (Lipinski definition) is 6. The molecule has 0 spiro atoms. The number of phenolic OH excluding ortho intramolecular Hbond substituents is 1. The fraction of sp³-hybridized carbons (Fsp3) is 0.200. The molecule has 8 nitrogen and oxygen atoms in total. The van der Waals surface area contributed by atoms with Gasteiger partial charge in [0, 0.05) is 17.0 Å². The number of benzene rings is 3. The molecule has 3 aromatic rings. The zero-order valence-electron chi connectivity index (χ0n) is 18.0. The number of rotatable bonds is 8. The van der Waals surface area contributed by atoms with Crippen LogP contribution in [-0.2, 0) is 10.2 Å². The number of nitrogens with one attached hydrogen (secondary N) is 1. The highest BCUT2D eigenvalue weighted by Crippen LogP contribution is 2.58. The molecule has 168 valence electrons. The molecule has 33 heavy (non-hydrogen) atoms. The van der Waals surface area contributed by atoms with Crippen molar-refractivity contribution in [2.45, 2.75) is 18.8 Å². The quantitative estimate of drug-likeness (QED) is 0.307. The molecule has 4 rings (SSSR count). The summed E-state index contributed by atoms with van der Waals surface area (Å²) in [5.41, 5.74) is 4.02. The van der Waals surface area contributed by atoms with Crippen LogP contribution < -0.4 is 10.2 Å². The maximum atomic E-state index is 13.0. The summed E-state index contributed by atoms with van der Waals surface area (Å²) < 4.78 is 5.27. The number of hydrogen-bond donors (Lipinski definition) is 2. The van der Waals surface area contributed by atoms with Gasteiger partial charge >= 0.3 is 0 Å². The first-order chi connectivity index (χ1) is 16.0. The average Bonchev–Trinajstić information content (AvgIpc) is 3.59. The Labute approximate surface area is 190 Å². The van der Waals surface area contributed by atoms with Crippen LogP contribution in [0.3, 0.4) is 0 Å². The Hall–Kier alpha value is -4.20. The summed E-state index contributed by atoms with van der Waals surface area (Å²) >= 11 is 0. The van der Waals surface area contributed by atoms with Crippen LogP contribution in [0.2, 0.25) is 0 Å². The van der Waals surface area contributed by atoms with Gasteiger partial charge in [0.2, 0.25) is 5.91 Å². The molecular formula is C25H23N3O5. The zero-order chi connectivity index (χ0) is 23.4. The van der Waals surface area contributed by atoms with E-state index in [0.717, 1.165) is 17.2 Å². The van der Waals surface area contributed by atoms with Gasteiger partial charge in [-0.1, -0.05) is 60.7 Å². The van der Waals surface area contributed by atoms with E-state index in [1.54, 1.807) is 6.92 Å². The number of carbonyl (C=O) groups excluding carboxylic acids is 1. The van der Waals surface area contributed by atoms with Crippen LogP contribution in [0.15, 0.2) is 77.9 Å². The molecule has 8 heteroatoms. The third-order valence-corrected chi connectivity index (χ3v) is 5.83. The SMILES string of the molecule is CCOc1cc([N+](=O)[O-])cc(/C=N\NC(=O)[C@H]2CC2(c2ccccc2)c2ccccc2)c1O. The number of aromatic hydroxyl groups is 1. The van der Waals surface area contributed by atoms with Crippen molar-refractivity contribution in [2.75, 3.05) is 6.61 Å². The van der Waals surface area contributed by atoms with E-state index in [-0.39, 0.29) is 41.2 Å². The number of nitro groups is 1. The van der Waals surface area contributed by atoms with Gasteiger partial charge in [-0.3, -0.25) is 14.9 Å². The van der Waals surface area contributed by atoms with Gasteiger partial charge < -0.3 is 9.84 Å². The van der Waals surface area contributed by atoms with Crippen molar-refractivity contribution in [1.82, 2.24) is 5.43 Å². The molecule has 0 aliphatic heterocycles. The van der Waals surface area contributed by atoms with Crippen molar-refractivity contribution in [1.29, 1.82) is 0 Å². The summed E-state index contributed by atoms with van der Waals surface area (Å²) in [5, 5.41) is 25.5. The molecule has 3 aromatic carbocycles. The Morgan fingerprint density at radius 3 is 2.33 bits per heavy atom. The molecule has 0 saturated heterocycles. The van der Waals surface area contributed by atoms with E-state index in [1.807, 2.05) is 60.7 Å². The van der Waals surface area contributed by atoms with Gasteiger partial charge in [0.15, 0.2) is 11.5 Å². The van der Waals surface area contributed by atoms with Crippen molar-refractivity contribution in [3.8, 4) is 11.5 Å². The monoisotopic (exact) mass is 445 g/mol. The van der Waals surface area contributed by atoms with E-state index in [2.05, 4.69) is 10.5 Å². The van der Waals surface area contributed by atoms with Crippen molar-refractivity contribution >= 4 is 17.8 Å². The molecule has 2 N–H and O–H groups in total. The summed E-state index contributed by atoms with van der Waals surface area (Å²) in [6.45, 7) is 1.93. The average molecular weight is 445 g/mol. The molecule has 1 amide bonds. The first-order valence-corrected chi connectivity index (χ1v) is 10.6. The number of hydrazone groups is 1. The maximum Gasteiger partial charge on any atom is 0.274 e. The van der Waals surface area contributed by atoms with Gasteiger partial charge in [0.25, 0.3) is 5.69 Å². The zero-order valence-corrected chi connectivity index (χ0v) is 18.0. The summed E-state index contributed by atoms with van der Waals surface area (Å²) in [6.07, 6.45) is 1.82. The standard InChI is InChI=1S/C25H23N3O5/c1-2-33-22-14-20(28(31)32)13-17(23(22)29)16-26-27-24(30)21-15-25(21,18-9-5-3-6-10-18)19-11-7-4-8-12-19/h3-14,16,21,29H,2,15H2,1H3,(H,27,30)/b26-16-/t21-/m1/s1. The van der Waals surface area contributed by atoms with Gasteiger partial charge in [-0.25, -0.2) is 5.43 Å². The molecule has 1 aliphatic rings. The van der Waals surface area contributed by atoms with E-state index in [0.29, 0.717) is 6.42 Å². The normalized spacial score (nSPS) is 16.3. The molecule has 0 bridgehead atoms. The fourth-order valence-corrected chi connectivity index (χ4v) is 4.18. The first-order valence-electron chi connectivity index (χ1n) is 10.6. The van der Waals surface area contributed by atoms with Crippen LogP contribution in [0.5, 0.6) is 11.5 Å². The number of carbonyl (C=O) groups is 1. The molecule has 0 unspecified atom stereocenters. The predicted octanol–water partition coefficient (Wildman–Crippen LogP) is 4.16. The highest BCUT2D eigenvalue weighted by Gasteiger charge is 2.60. The van der Waals surface area contributed by atoms with Gasteiger partial charge in [-0.15, -0.1) is 0 Å². The predicted molar refractivity (Wildman–Crippen MR) is 123 cm³/mol. The smallest absolute Gasteiger partial charge is 0.274 e. The van der Waals surface area contributed by atoms with Gasteiger partial charge in [-0.05, 0) is 24.5 Å². The van der Waals surface area contributed by atoms with Crippen molar-refractivity contribution < 1.29 is 19.6 Å². The van der Waals surface area contributed by atoms with Crippen LogP contribution in [0, 0.1) is 16.0 Å². The van der Waals surface area contributed by atoms with E-state index in [4.69, 9.17) is 4.74 Å². The van der Waals surface area contributed by atoms with E-state index >= 15 is 0 Å². The lowest BCUT2D eigenvalue weighted by Gasteiger charge is -2.18. The Kier molecular flexibility index (Phi) is 6.08. The second kappa shape index (κ2) is 9.12. The second-order valence-electron chi connectivity index (χ2n) is 7.77. The van der Waals surface area contributed by atoms with E-state index < -0.39 is 10.3 Å². The highest BCUT2D eigenvalue weighted by atomic mass is 16.6. The van der Waals surface area contributed by atoms with Gasteiger partial charge in [-0.2, -0.15) is 5.10 Å². The molecule has 1 saturated carbocycles. The summed E-state index contributed by atoms with van der Waals surface area (Å²) in [4.78, 5) is 23.6. The number of non-ortho nitro benzene ring substituents is 1. The van der Waals surface area contributed by atoms with E-state index in [1.165, 1.54) is 12.3 Å². The first kappa shape index (κ1) is 22.0. The maximum absolute atomic E-state index is 13.0. The number of nitro benzene ring substituents is 1. The minimum atomic E-state index is -0.587. The number of nitrogens with zero attached hydrogens (tertiary/aromatic N) is 2. The van der Waals surface area contributed by atoms with Crippen molar-refractivity contribution in [3.05, 3.63) is 99.6 Å². The Balaban J connectivity index is 1.56. The lowest BCUT2D eigenvalue weighted by atomic mass is 9.85. The van der Waals surface area contributed by atoms with Crippen molar-refractivity contribution in [3.63, 3.8) is 0 Å². The Bertz CT molecular complexity index is 1160. The van der Waals surface area contributed by atoms with Crippen LogP contribution in [0.4, 0.5) is 5.69 Å². The minimum Gasteiger partial charge on any atom is -0.504 e. The summed E-state index contributed by atoms with van der Waals surface area (Å²) in [5.74, 6) is -0.894. The fourth-order valence-electron chi connectivity index (χ4n) is 4.18. The molecular weight excluding hydrogens is 422 g/mol. The third kappa shape index (κ3) is 4.27. The lowest BCUT2D eigenvalue weighted by molar-refractivity contribution is -0.385. The second-order valence-corrected chi connectivity index (χ2v) is 7.77. The van der Waals surface area contributed by atoms with Crippen molar-refractivity contribution in [2.24, 2.45) is 11.0 Å². The Morgan fingerprint density at radius 1 is 1.18 bits per heavy atom. The number of amides is 1. The largest absolute Gasteiger partial charge is 0.504 e. The van der Waals surface area contributed by atoms with Gasteiger partial charge in [0.05, 0.1) is 29.7 Å². The van der Waals surface area contributed by atoms with Crippen LogP contribution in [-0.4, -0.2) is 28.8 Å². The number of ether oxygens (including phenoxy) is 1. The number of phenols is 1. The lowest BCUT2D eigenvalue weighted by Crippen LogP contribution is -2.25. The molecule has 0 aromatic heterocycles. The molecule has 0 radical (unpaired) electrons. The van der Waals surface area contributed by atoms with Crippen LogP contribution >= 0.6 is 0 Å². The minimum absolute atomic E-state index is 0.0196. The van der Waals surface area contributed by atoms with Crippen LogP contribution in [0.25, 0.3) is 0 Å². The van der Waals surface area contributed by atoms with E-state index in [9.17, 15) is 20.0 Å². The highest BCUT2D eigenvalue weighted by molar-refractivity contribution is 5.89. The third-order valence-electron chi connectivity index (χ3n) is 5.83.